The molecule has 1 fully saturated rings. The van der Waals surface area contributed by atoms with E-state index < -0.39 is 0 Å². The fraction of sp³-hybridized carbons (Fsp3) is 0.238. The van der Waals surface area contributed by atoms with E-state index in [9.17, 15) is 0 Å². The first-order valence-corrected chi connectivity index (χ1v) is 9.61. The summed E-state index contributed by atoms with van der Waals surface area (Å²) in [6, 6.07) is 17.2. The van der Waals surface area contributed by atoms with Crippen LogP contribution in [0.15, 0.2) is 60.8 Å². The van der Waals surface area contributed by atoms with Gasteiger partial charge >= 0.3 is 0 Å². The molecule has 0 spiro atoms. The molecule has 3 aromatic rings. The number of anilines is 3. The first-order valence-electron chi connectivity index (χ1n) is 9.23. The van der Waals surface area contributed by atoms with Crippen molar-refractivity contribution >= 4 is 29.1 Å². The SMILES string of the molecule is CN1CCN(c2nc(Nc3ccccc3)ncc2Oc2ccc(Cl)cc2)CC1. The second kappa shape index (κ2) is 8.46. The smallest absolute Gasteiger partial charge is 0.229 e. The van der Waals surface area contributed by atoms with E-state index in [1.165, 1.54) is 0 Å². The van der Waals surface area contributed by atoms with E-state index in [4.69, 9.17) is 21.3 Å². The first kappa shape index (κ1) is 18.5. The Balaban J connectivity index is 1.63. The summed E-state index contributed by atoms with van der Waals surface area (Å²) in [5, 5.41) is 3.93. The Morgan fingerprint density at radius 3 is 2.39 bits per heavy atom. The lowest BCUT2D eigenvalue weighted by molar-refractivity contribution is 0.310. The maximum atomic E-state index is 6.08. The molecule has 0 saturated carbocycles. The van der Waals surface area contributed by atoms with Crippen LogP contribution in [-0.4, -0.2) is 48.1 Å². The fourth-order valence-corrected chi connectivity index (χ4v) is 3.14. The summed E-state index contributed by atoms with van der Waals surface area (Å²) in [4.78, 5) is 13.8. The lowest BCUT2D eigenvalue weighted by Crippen LogP contribution is -2.45. The number of likely N-dealkylation sites (N-methyl/N-ethyl adjacent to an activating group) is 1. The molecule has 4 rings (SSSR count). The largest absolute Gasteiger partial charge is 0.452 e. The Kier molecular flexibility index (Phi) is 5.60. The van der Waals surface area contributed by atoms with E-state index in [1.54, 1.807) is 18.3 Å². The van der Waals surface area contributed by atoms with Crippen molar-refractivity contribution in [2.45, 2.75) is 0 Å². The maximum Gasteiger partial charge on any atom is 0.229 e. The highest BCUT2D eigenvalue weighted by Crippen LogP contribution is 2.32. The summed E-state index contributed by atoms with van der Waals surface area (Å²) < 4.78 is 6.08. The van der Waals surface area contributed by atoms with Gasteiger partial charge in [-0.1, -0.05) is 29.8 Å². The second-order valence-electron chi connectivity index (χ2n) is 6.72. The minimum Gasteiger partial charge on any atom is -0.452 e. The van der Waals surface area contributed by atoms with E-state index in [2.05, 4.69) is 27.1 Å². The number of benzene rings is 2. The number of ether oxygens (including phenoxy) is 1. The molecule has 0 amide bonds. The molecular weight excluding hydrogens is 374 g/mol. The minimum absolute atomic E-state index is 0.545. The van der Waals surface area contributed by atoms with Gasteiger partial charge in [0.15, 0.2) is 11.6 Å². The van der Waals surface area contributed by atoms with Crippen LogP contribution in [0.4, 0.5) is 17.5 Å². The van der Waals surface area contributed by atoms with Gasteiger partial charge in [-0.05, 0) is 43.4 Å². The van der Waals surface area contributed by atoms with E-state index in [1.807, 2.05) is 42.5 Å². The van der Waals surface area contributed by atoms with Gasteiger partial charge in [0.05, 0.1) is 6.20 Å². The molecule has 0 radical (unpaired) electrons. The Hall–Kier alpha value is -2.83. The zero-order chi connectivity index (χ0) is 19.3. The van der Waals surface area contributed by atoms with Gasteiger partial charge in [0.25, 0.3) is 0 Å². The Morgan fingerprint density at radius 1 is 0.964 bits per heavy atom. The third-order valence-corrected chi connectivity index (χ3v) is 4.86. The van der Waals surface area contributed by atoms with Crippen LogP contribution >= 0.6 is 11.6 Å². The van der Waals surface area contributed by atoms with E-state index in [0.717, 1.165) is 37.7 Å². The van der Waals surface area contributed by atoms with Crippen molar-refractivity contribution in [1.82, 2.24) is 14.9 Å². The molecule has 2 aromatic carbocycles. The summed E-state index contributed by atoms with van der Waals surface area (Å²) in [5.41, 5.74) is 0.943. The van der Waals surface area contributed by atoms with E-state index in [-0.39, 0.29) is 0 Å². The molecule has 6 nitrogen and oxygen atoms in total. The van der Waals surface area contributed by atoms with Crippen molar-refractivity contribution in [3.8, 4) is 11.5 Å². The predicted octanol–water partition coefficient (Wildman–Crippen LogP) is 4.42. The molecular formula is C21H22ClN5O. The van der Waals surface area contributed by atoms with Crippen LogP contribution in [0.5, 0.6) is 11.5 Å². The average molecular weight is 396 g/mol. The lowest BCUT2D eigenvalue weighted by Gasteiger charge is -2.33. The number of piperazine rings is 1. The molecule has 0 atom stereocenters. The number of hydrogen-bond donors (Lipinski definition) is 1. The maximum absolute atomic E-state index is 6.08. The van der Waals surface area contributed by atoms with Crippen LogP contribution in [0.3, 0.4) is 0 Å². The third kappa shape index (κ3) is 4.52. The Labute approximate surface area is 169 Å². The van der Waals surface area contributed by atoms with Gasteiger partial charge in [0.2, 0.25) is 5.95 Å². The topological polar surface area (TPSA) is 53.5 Å². The molecule has 7 heteroatoms. The highest BCUT2D eigenvalue weighted by molar-refractivity contribution is 6.30. The van der Waals surface area contributed by atoms with Crippen molar-refractivity contribution < 1.29 is 4.74 Å². The monoisotopic (exact) mass is 395 g/mol. The summed E-state index contributed by atoms with van der Waals surface area (Å²) in [6.07, 6.45) is 1.72. The van der Waals surface area contributed by atoms with Gasteiger partial charge in [0, 0.05) is 36.9 Å². The van der Waals surface area contributed by atoms with Gasteiger partial charge in [-0.15, -0.1) is 0 Å². The minimum atomic E-state index is 0.545. The van der Waals surface area contributed by atoms with Crippen LogP contribution in [0.1, 0.15) is 0 Å². The van der Waals surface area contributed by atoms with E-state index >= 15 is 0 Å². The number of hydrogen-bond acceptors (Lipinski definition) is 6. The summed E-state index contributed by atoms with van der Waals surface area (Å²) >= 11 is 5.98. The van der Waals surface area contributed by atoms with E-state index in [0.29, 0.717) is 22.5 Å². The summed E-state index contributed by atoms with van der Waals surface area (Å²) in [5.74, 6) is 2.66. The number of nitrogens with zero attached hydrogens (tertiary/aromatic N) is 4. The molecule has 1 saturated heterocycles. The molecule has 1 aromatic heterocycles. The van der Waals surface area contributed by atoms with Crippen molar-refractivity contribution in [1.29, 1.82) is 0 Å². The third-order valence-electron chi connectivity index (χ3n) is 4.61. The molecule has 2 heterocycles. The fourth-order valence-electron chi connectivity index (χ4n) is 3.02. The van der Waals surface area contributed by atoms with Gasteiger partial charge < -0.3 is 19.9 Å². The number of rotatable bonds is 5. The van der Waals surface area contributed by atoms with Crippen LogP contribution in [-0.2, 0) is 0 Å². The Bertz CT molecular complexity index is 912. The zero-order valence-corrected chi connectivity index (χ0v) is 16.4. The van der Waals surface area contributed by atoms with Crippen LogP contribution < -0.4 is 15.0 Å². The second-order valence-corrected chi connectivity index (χ2v) is 7.16. The zero-order valence-electron chi connectivity index (χ0n) is 15.7. The number of para-hydroxylation sites is 1. The summed E-state index contributed by atoms with van der Waals surface area (Å²) in [6.45, 7) is 3.72. The van der Waals surface area contributed by atoms with Crippen molar-refractivity contribution in [2.75, 3.05) is 43.4 Å². The Morgan fingerprint density at radius 2 is 1.68 bits per heavy atom. The van der Waals surface area contributed by atoms with Crippen molar-refractivity contribution in [3.05, 3.63) is 65.8 Å². The highest BCUT2D eigenvalue weighted by Gasteiger charge is 2.21. The molecule has 1 aliphatic rings. The van der Waals surface area contributed by atoms with Crippen LogP contribution in [0.25, 0.3) is 0 Å². The molecule has 144 valence electrons. The van der Waals surface area contributed by atoms with Gasteiger partial charge in [0.1, 0.15) is 5.75 Å². The van der Waals surface area contributed by atoms with Crippen LogP contribution in [0, 0.1) is 0 Å². The normalized spacial score (nSPS) is 14.7. The molecule has 0 bridgehead atoms. The predicted molar refractivity (Wildman–Crippen MR) is 113 cm³/mol. The lowest BCUT2D eigenvalue weighted by atomic mass is 10.3. The molecule has 1 aliphatic heterocycles. The van der Waals surface area contributed by atoms with Gasteiger partial charge in [-0.2, -0.15) is 4.98 Å². The first-order chi connectivity index (χ1) is 13.7. The number of nitrogens with one attached hydrogen (secondary N) is 1. The number of aromatic nitrogens is 2. The van der Waals surface area contributed by atoms with Crippen molar-refractivity contribution in [2.24, 2.45) is 0 Å². The van der Waals surface area contributed by atoms with Gasteiger partial charge in [-0.25, -0.2) is 4.98 Å². The molecule has 28 heavy (non-hydrogen) atoms. The summed E-state index contributed by atoms with van der Waals surface area (Å²) in [7, 11) is 2.13. The molecule has 1 N–H and O–H groups in total. The molecule has 0 aliphatic carbocycles. The highest BCUT2D eigenvalue weighted by atomic mass is 35.5. The van der Waals surface area contributed by atoms with Gasteiger partial charge in [-0.3, -0.25) is 0 Å². The van der Waals surface area contributed by atoms with Crippen molar-refractivity contribution in [3.63, 3.8) is 0 Å². The molecule has 0 unspecified atom stereocenters. The standard InChI is InChI=1S/C21H22ClN5O/c1-26-11-13-27(14-12-26)20-19(28-18-9-7-16(22)8-10-18)15-23-21(25-20)24-17-5-3-2-4-6-17/h2-10,15H,11-14H2,1H3,(H,23,24,25). The average Bonchev–Trinajstić information content (AvgIpc) is 2.72. The number of halogens is 1. The van der Waals surface area contributed by atoms with Crippen LogP contribution in [0.2, 0.25) is 5.02 Å². The quantitative estimate of drug-likeness (QED) is 0.690.